The molecule has 1 fully saturated rings. The molecule has 7 heteroatoms. The van der Waals surface area contributed by atoms with E-state index >= 15 is 0 Å². The van der Waals surface area contributed by atoms with Crippen molar-refractivity contribution < 1.29 is 14.7 Å². The van der Waals surface area contributed by atoms with Crippen LogP contribution in [0.3, 0.4) is 0 Å². The Bertz CT molecular complexity index is 585. The fraction of sp³-hybridized carbons (Fsp3) is 0.250. The lowest BCUT2D eigenvalue weighted by Gasteiger charge is -2.17. The van der Waals surface area contributed by atoms with Gasteiger partial charge in [-0.25, -0.2) is 0 Å². The van der Waals surface area contributed by atoms with Gasteiger partial charge >= 0.3 is 5.97 Å². The number of nitriles is 1. The molecule has 1 aromatic carbocycles. The van der Waals surface area contributed by atoms with Gasteiger partial charge in [0, 0.05) is 17.9 Å². The molecule has 0 aromatic heterocycles. The fourth-order valence-corrected chi connectivity index (χ4v) is 2.69. The molecule has 98 valence electrons. The quantitative estimate of drug-likeness (QED) is 0.684. The Balaban J connectivity index is 2.26. The first-order valence-electron chi connectivity index (χ1n) is 5.41. The van der Waals surface area contributed by atoms with Gasteiger partial charge < -0.3 is 10.0 Å². The van der Waals surface area contributed by atoms with Crippen molar-refractivity contribution in [2.45, 2.75) is 11.3 Å². The maximum atomic E-state index is 11.8. The topological polar surface area (TPSA) is 81.4 Å². The SMILES string of the molecule is N#CSc1ccc(N2CC(C(=O)O)CC2=O)c(Cl)c1. The largest absolute Gasteiger partial charge is 0.481 e. The lowest BCUT2D eigenvalue weighted by atomic mass is 10.1. The number of anilines is 1. The zero-order valence-electron chi connectivity index (χ0n) is 9.67. The second kappa shape index (κ2) is 5.51. The summed E-state index contributed by atoms with van der Waals surface area (Å²) in [5, 5.41) is 19.8. The van der Waals surface area contributed by atoms with Crippen molar-refractivity contribution in [1.29, 1.82) is 5.26 Å². The van der Waals surface area contributed by atoms with Crippen LogP contribution in [0.4, 0.5) is 5.69 Å². The molecule has 1 N–H and O–H groups in total. The van der Waals surface area contributed by atoms with Gasteiger partial charge in [0.15, 0.2) is 0 Å². The number of halogens is 1. The van der Waals surface area contributed by atoms with Gasteiger partial charge in [-0.1, -0.05) is 11.6 Å². The van der Waals surface area contributed by atoms with E-state index in [4.69, 9.17) is 22.0 Å². The molecule has 2 rings (SSSR count). The van der Waals surface area contributed by atoms with Crippen molar-refractivity contribution in [3.63, 3.8) is 0 Å². The van der Waals surface area contributed by atoms with E-state index in [2.05, 4.69) is 0 Å². The minimum atomic E-state index is -0.983. The average molecular weight is 297 g/mol. The maximum absolute atomic E-state index is 11.8. The number of hydrogen-bond acceptors (Lipinski definition) is 4. The molecule has 0 radical (unpaired) electrons. The summed E-state index contributed by atoms with van der Waals surface area (Å²) in [7, 11) is 0. The Morgan fingerprint density at radius 1 is 1.58 bits per heavy atom. The van der Waals surface area contributed by atoms with Crippen LogP contribution in [0.25, 0.3) is 0 Å². The van der Waals surface area contributed by atoms with E-state index in [1.807, 2.05) is 5.40 Å². The van der Waals surface area contributed by atoms with Gasteiger partial charge in [0.2, 0.25) is 5.91 Å². The highest BCUT2D eigenvalue weighted by Gasteiger charge is 2.35. The fourth-order valence-electron chi connectivity index (χ4n) is 1.93. The molecule has 1 unspecified atom stereocenters. The number of aliphatic carboxylic acids is 1. The number of carboxylic acids is 1. The molecule has 5 nitrogen and oxygen atoms in total. The number of thioether (sulfide) groups is 1. The van der Waals surface area contributed by atoms with Crippen LogP contribution in [-0.2, 0) is 9.59 Å². The van der Waals surface area contributed by atoms with Crippen molar-refractivity contribution in [2.24, 2.45) is 5.92 Å². The molecule has 1 saturated heterocycles. The molecule has 0 spiro atoms. The van der Waals surface area contributed by atoms with Gasteiger partial charge in [-0.3, -0.25) is 9.59 Å². The molecule has 1 amide bonds. The standard InChI is InChI=1S/C12H9ClN2O3S/c13-9-4-8(19-6-14)1-2-10(9)15-5-7(12(17)18)3-11(15)16/h1-2,4,7H,3,5H2,(H,17,18). The van der Waals surface area contributed by atoms with Crippen molar-refractivity contribution >= 4 is 40.9 Å². The normalized spacial score (nSPS) is 18.4. The van der Waals surface area contributed by atoms with Crippen molar-refractivity contribution in [3.05, 3.63) is 23.2 Å². The van der Waals surface area contributed by atoms with Crippen LogP contribution in [0.5, 0.6) is 0 Å². The second-order valence-electron chi connectivity index (χ2n) is 4.05. The summed E-state index contributed by atoms with van der Waals surface area (Å²) in [5.74, 6) is -1.93. The van der Waals surface area contributed by atoms with E-state index < -0.39 is 11.9 Å². The predicted octanol–water partition coefficient (Wildman–Crippen LogP) is 2.35. The van der Waals surface area contributed by atoms with Crippen molar-refractivity contribution in [1.82, 2.24) is 0 Å². The van der Waals surface area contributed by atoms with E-state index in [-0.39, 0.29) is 18.9 Å². The molecular weight excluding hydrogens is 288 g/mol. The maximum Gasteiger partial charge on any atom is 0.308 e. The van der Waals surface area contributed by atoms with Crippen LogP contribution in [-0.4, -0.2) is 23.5 Å². The summed E-state index contributed by atoms with van der Waals surface area (Å²) in [6, 6.07) is 4.90. The third kappa shape index (κ3) is 2.83. The first-order valence-corrected chi connectivity index (χ1v) is 6.61. The lowest BCUT2D eigenvalue weighted by molar-refractivity contribution is -0.141. The Morgan fingerprint density at radius 3 is 2.84 bits per heavy atom. The van der Waals surface area contributed by atoms with Crippen molar-refractivity contribution in [2.75, 3.05) is 11.4 Å². The van der Waals surface area contributed by atoms with Gasteiger partial charge in [0.05, 0.1) is 16.6 Å². The number of hydrogen-bond donors (Lipinski definition) is 1. The van der Waals surface area contributed by atoms with Crippen LogP contribution >= 0.6 is 23.4 Å². The minimum Gasteiger partial charge on any atom is -0.481 e. The van der Waals surface area contributed by atoms with Crippen LogP contribution < -0.4 is 4.90 Å². The smallest absolute Gasteiger partial charge is 0.308 e. The molecule has 1 aliphatic rings. The summed E-state index contributed by atoms with van der Waals surface area (Å²) in [6.45, 7) is 0.124. The van der Waals surface area contributed by atoms with Crippen LogP contribution in [0.1, 0.15) is 6.42 Å². The second-order valence-corrected chi connectivity index (χ2v) is 5.32. The van der Waals surface area contributed by atoms with E-state index in [0.29, 0.717) is 15.6 Å². The molecule has 0 bridgehead atoms. The van der Waals surface area contributed by atoms with Gasteiger partial charge in [-0.2, -0.15) is 5.26 Å². The third-order valence-electron chi connectivity index (χ3n) is 2.85. The Kier molecular flexibility index (Phi) is 3.98. The highest BCUT2D eigenvalue weighted by Crippen LogP contribution is 2.34. The monoisotopic (exact) mass is 296 g/mol. The minimum absolute atomic E-state index is 0.0135. The summed E-state index contributed by atoms with van der Waals surface area (Å²) in [5.41, 5.74) is 0.484. The predicted molar refractivity (Wildman–Crippen MR) is 71.0 cm³/mol. The number of nitrogens with zero attached hydrogens (tertiary/aromatic N) is 2. The Hall–Kier alpha value is -1.71. The van der Waals surface area contributed by atoms with Gasteiger partial charge in [-0.15, -0.1) is 0 Å². The number of amides is 1. The summed E-state index contributed by atoms with van der Waals surface area (Å²) in [4.78, 5) is 24.8. The molecular formula is C12H9ClN2O3S. The van der Waals surface area contributed by atoms with E-state index in [0.717, 1.165) is 11.8 Å². The van der Waals surface area contributed by atoms with Gasteiger partial charge in [0.1, 0.15) is 5.40 Å². The molecule has 0 saturated carbocycles. The highest BCUT2D eigenvalue weighted by molar-refractivity contribution is 8.03. The molecule has 0 aliphatic carbocycles. The van der Waals surface area contributed by atoms with Gasteiger partial charge in [0.25, 0.3) is 0 Å². The number of carbonyl (C=O) groups excluding carboxylic acids is 1. The van der Waals surface area contributed by atoms with Crippen LogP contribution in [0.15, 0.2) is 23.1 Å². The van der Waals surface area contributed by atoms with E-state index in [1.54, 1.807) is 18.2 Å². The first-order chi connectivity index (χ1) is 9.02. The number of rotatable bonds is 3. The summed E-state index contributed by atoms with van der Waals surface area (Å²) < 4.78 is 0. The van der Waals surface area contributed by atoms with Crippen LogP contribution in [0.2, 0.25) is 5.02 Å². The Labute approximate surface area is 118 Å². The number of carboxylic acid groups (broad SMARTS) is 1. The highest BCUT2D eigenvalue weighted by atomic mass is 35.5. The van der Waals surface area contributed by atoms with Crippen molar-refractivity contribution in [3.8, 4) is 5.40 Å². The van der Waals surface area contributed by atoms with Gasteiger partial charge in [-0.05, 0) is 30.0 Å². The zero-order chi connectivity index (χ0) is 14.0. The molecule has 1 aliphatic heterocycles. The molecule has 1 aromatic rings. The van der Waals surface area contributed by atoms with E-state index in [9.17, 15) is 9.59 Å². The number of benzene rings is 1. The van der Waals surface area contributed by atoms with Crippen LogP contribution in [0, 0.1) is 16.6 Å². The average Bonchev–Trinajstić information content (AvgIpc) is 2.72. The number of carbonyl (C=O) groups is 2. The Morgan fingerprint density at radius 2 is 2.32 bits per heavy atom. The summed E-state index contributed by atoms with van der Waals surface area (Å²) >= 11 is 7.04. The first kappa shape index (κ1) is 13.7. The number of thiocyanates is 1. The van der Waals surface area contributed by atoms with E-state index in [1.165, 1.54) is 4.90 Å². The lowest BCUT2D eigenvalue weighted by Crippen LogP contribution is -2.26. The molecule has 19 heavy (non-hydrogen) atoms. The summed E-state index contributed by atoms with van der Waals surface area (Å²) in [6.07, 6.45) is -0.0135. The zero-order valence-corrected chi connectivity index (χ0v) is 11.2. The third-order valence-corrected chi connectivity index (χ3v) is 3.73. The molecule has 1 heterocycles. The molecule has 1 atom stereocenters.